The quantitative estimate of drug-likeness (QED) is 0.634. The van der Waals surface area contributed by atoms with E-state index in [1.165, 1.54) is 6.92 Å². The number of carboxylic acid groups (broad SMARTS) is 2. The minimum atomic E-state index is -1.36. The molecule has 6 nitrogen and oxygen atoms in total. The van der Waals surface area contributed by atoms with Crippen molar-refractivity contribution in [2.75, 3.05) is 6.54 Å². The zero-order chi connectivity index (χ0) is 13.8. The predicted octanol–water partition coefficient (Wildman–Crippen LogP) is 0.858. The van der Waals surface area contributed by atoms with E-state index in [4.69, 9.17) is 5.11 Å². The van der Waals surface area contributed by atoms with Crippen LogP contribution >= 0.6 is 0 Å². The first-order chi connectivity index (χ1) is 8.40. The normalized spacial score (nSPS) is 19.8. The summed E-state index contributed by atoms with van der Waals surface area (Å²) in [6.45, 7) is 1.43. The molecule has 0 aliphatic heterocycles. The Bertz CT molecular complexity index is 346. The maximum Gasteiger partial charge on any atom is 0.319 e. The smallest absolute Gasteiger partial charge is 0.319 e. The van der Waals surface area contributed by atoms with E-state index in [-0.39, 0.29) is 6.54 Å². The van der Waals surface area contributed by atoms with Gasteiger partial charge in [-0.3, -0.25) is 14.4 Å². The third kappa shape index (κ3) is 3.00. The third-order valence-corrected chi connectivity index (χ3v) is 3.54. The van der Waals surface area contributed by atoms with Gasteiger partial charge in [0, 0.05) is 6.54 Å². The van der Waals surface area contributed by atoms with Crippen molar-refractivity contribution in [3.63, 3.8) is 0 Å². The molecule has 1 saturated carbocycles. The summed E-state index contributed by atoms with van der Waals surface area (Å²) in [5.41, 5.74) is -1.36. The molecule has 6 heteroatoms. The number of carboxylic acids is 2. The predicted molar refractivity (Wildman–Crippen MR) is 63.0 cm³/mol. The Balaban J connectivity index is 2.66. The van der Waals surface area contributed by atoms with Gasteiger partial charge in [0.1, 0.15) is 5.41 Å². The molecule has 1 atom stereocenters. The summed E-state index contributed by atoms with van der Waals surface area (Å²) in [6, 6.07) is 0. The average molecular weight is 257 g/mol. The van der Waals surface area contributed by atoms with Gasteiger partial charge < -0.3 is 15.5 Å². The van der Waals surface area contributed by atoms with Crippen LogP contribution in [-0.2, 0) is 14.4 Å². The van der Waals surface area contributed by atoms with Crippen LogP contribution in [0.5, 0.6) is 0 Å². The molecule has 0 aromatic heterocycles. The monoisotopic (exact) mass is 257 g/mol. The Hall–Kier alpha value is -1.59. The Morgan fingerprint density at radius 2 is 1.72 bits per heavy atom. The fourth-order valence-corrected chi connectivity index (χ4v) is 2.20. The molecule has 0 heterocycles. The second-order valence-electron chi connectivity index (χ2n) is 4.90. The summed E-state index contributed by atoms with van der Waals surface area (Å²) >= 11 is 0. The first-order valence-corrected chi connectivity index (χ1v) is 6.14. The number of hydrogen-bond acceptors (Lipinski definition) is 3. The van der Waals surface area contributed by atoms with E-state index in [9.17, 15) is 19.5 Å². The Morgan fingerprint density at radius 1 is 1.17 bits per heavy atom. The molecule has 0 aromatic carbocycles. The van der Waals surface area contributed by atoms with Crippen LogP contribution in [0.4, 0.5) is 0 Å². The number of carbonyl (C=O) groups is 3. The Kier molecular flexibility index (Phi) is 4.69. The number of rotatable bonds is 5. The van der Waals surface area contributed by atoms with Gasteiger partial charge in [-0.15, -0.1) is 0 Å². The van der Waals surface area contributed by atoms with Gasteiger partial charge >= 0.3 is 11.9 Å². The van der Waals surface area contributed by atoms with Crippen LogP contribution in [-0.4, -0.2) is 34.6 Å². The van der Waals surface area contributed by atoms with Gasteiger partial charge in [-0.2, -0.15) is 0 Å². The molecule has 3 N–H and O–H groups in total. The standard InChI is InChI=1S/C12H19NO5/c1-8(9(14)15)7-13-10(16)12(11(17)18)5-3-2-4-6-12/h8H,2-7H2,1H3,(H,13,16)(H,14,15)(H,17,18)/t8-/m0/s1. The molecule has 1 fully saturated rings. The lowest BCUT2D eigenvalue weighted by atomic mass is 9.73. The number of carbonyl (C=O) groups excluding carboxylic acids is 1. The van der Waals surface area contributed by atoms with E-state index < -0.39 is 29.2 Å². The van der Waals surface area contributed by atoms with E-state index in [1.807, 2.05) is 0 Å². The summed E-state index contributed by atoms with van der Waals surface area (Å²) in [4.78, 5) is 34.0. The maximum absolute atomic E-state index is 12.0. The molecule has 1 aliphatic rings. The summed E-state index contributed by atoms with van der Waals surface area (Å²) < 4.78 is 0. The summed E-state index contributed by atoms with van der Waals surface area (Å²) in [7, 11) is 0. The molecule has 0 aromatic rings. The highest BCUT2D eigenvalue weighted by molar-refractivity contribution is 6.02. The van der Waals surface area contributed by atoms with E-state index >= 15 is 0 Å². The van der Waals surface area contributed by atoms with Crippen LogP contribution in [0.2, 0.25) is 0 Å². The van der Waals surface area contributed by atoms with Gasteiger partial charge in [0.2, 0.25) is 5.91 Å². The first-order valence-electron chi connectivity index (χ1n) is 6.14. The second kappa shape index (κ2) is 5.84. The number of hydrogen-bond donors (Lipinski definition) is 3. The van der Waals surface area contributed by atoms with E-state index in [0.717, 1.165) is 6.42 Å². The first kappa shape index (κ1) is 14.5. The van der Waals surface area contributed by atoms with Crippen molar-refractivity contribution in [1.82, 2.24) is 5.32 Å². The van der Waals surface area contributed by atoms with Crippen molar-refractivity contribution in [2.45, 2.75) is 39.0 Å². The molecule has 1 rings (SSSR count). The Morgan fingerprint density at radius 3 is 2.17 bits per heavy atom. The molecule has 1 amide bonds. The molecule has 18 heavy (non-hydrogen) atoms. The molecule has 0 spiro atoms. The van der Waals surface area contributed by atoms with Crippen LogP contribution in [0.25, 0.3) is 0 Å². The minimum Gasteiger partial charge on any atom is -0.481 e. The number of nitrogens with one attached hydrogen (secondary N) is 1. The highest BCUT2D eigenvalue weighted by Crippen LogP contribution is 2.36. The Labute approximate surface area is 105 Å². The molecular weight excluding hydrogens is 238 g/mol. The summed E-state index contributed by atoms with van der Waals surface area (Å²) in [6.07, 6.45) is 3.03. The van der Waals surface area contributed by atoms with Crippen molar-refractivity contribution in [3.8, 4) is 0 Å². The zero-order valence-electron chi connectivity index (χ0n) is 10.4. The van der Waals surface area contributed by atoms with Crippen LogP contribution < -0.4 is 5.32 Å². The fraction of sp³-hybridized carbons (Fsp3) is 0.750. The van der Waals surface area contributed by atoms with Crippen LogP contribution in [0.15, 0.2) is 0 Å². The molecule has 0 bridgehead atoms. The molecular formula is C12H19NO5. The number of aliphatic carboxylic acids is 2. The maximum atomic E-state index is 12.0. The zero-order valence-corrected chi connectivity index (χ0v) is 10.4. The van der Waals surface area contributed by atoms with Crippen LogP contribution in [0.1, 0.15) is 39.0 Å². The lowest BCUT2D eigenvalue weighted by molar-refractivity contribution is -0.158. The SMILES string of the molecule is C[C@@H](CNC(=O)C1(C(=O)O)CCCCC1)C(=O)O. The van der Waals surface area contributed by atoms with Gasteiger partial charge in [-0.25, -0.2) is 0 Å². The largest absolute Gasteiger partial charge is 0.481 e. The van der Waals surface area contributed by atoms with Gasteiger partial charge in [0.15, 0.2) is 0 Å². The lowest BCUT2D eigenvalue weighted by Crippen LogP contribution is -2.49. The van der Waals surface area contributed by atoms with Crippen molar-refractivity contribution >= 4 is 17.8 Å². The van der Waals surface area contributed by atoms with Crippen LogP contribution in [0, 0.1) is 11.3 Å². The van der Waals surface area contributed by atoms with Crippen molar-refractivity contribution in [2.24, 2.45) is 11.3 Å². The topological polar surface area (TPSA) is 104 Å². The van der Waals surface area contributed by atoms with Gasteiger partial charge in [0.25, 0.3) is 0 Å². The lowest BCUT2D eigenvalue weighted by Gasteiger charge is -2.31. The van der Waals surface area contributed by atoms with Gasteiger partial charge in [-0.1, -0.05) is 26.2 Å². The second-order valence-corrected chi connectivity index (χ2v) is 4.90. The van der Waals surface area contributed by atoms with Crippen molar-refractivity contribution in [3.05, 3.63) is 0 Å². The number of amides is 1. The van der Waals surface area contributed by atoms with E-state index in [0.29, 0.717) is 25.7 Å². The van der Waals surface area contributed by atoms with E-state index in [2.05, 4.69) is 5.32 Å². The summed E-state index contributed by atoms with van der Waals surface area (Å²) in [5, 5.41) is 20.4. The van der Waals surface area contributed by atoms with Gasteiger partial charge in [0.05, 0.1) is 5.92 Å². The van der Waals surface area contributed by atoms with Gasteiger partial charge in [-0.05, 0) is 12.8 Å². The average Bonchev–Trinajstić information content (AvgIpc) is 2.35. The van der Waals surface area contributed by atoms with Crippen molar-refractivity contribution in [1.29, 1.82) is 0 Å². The molecule has 0 unspecified atom stereocenters. The van der Waals surface area contributed by atoms with Crippen molar-refractivity contribution < 1.29 is 24.6 Å². The molecule has 1 aliphatic carbocycles. The highest BCUT2D eigenvalue weighted by atomic mass is 16.4. The minimum absolute atomic E-state index is 0.0385. The molecule has 0 radical (unpaired) electrons. The molecule has 102 valence electrons. The van der Waals surface area contributed by atoms with Crippen LogP contribution in [0.3, 0.4) is 0 Å². The third-order valence-electron chi connectivity index (χ3n) is 3.54. The van der Waals surface area contributed by atoms with E-state index in [1.54, 1.807) is 0 Å². The fourth-order valence-electron chi connectivity index (χ4n) is 2.20. The highest BCUT2D eigenvalue weighted by Gasteiger charge is 2.46. The molecule has 0 saturated heterocycles. The summed E-state index contributed by atoms with van der Waals surface area (Å²) in [5.74, 6) is -3.39.